The molecule has 3 heterocycles. The first kappa shape index (κ1) is 13.1. The van der Waals surface area contributed by atoms with Crippen LogP contribution in [0.1, 0.15) is 25.3 Å². The smallest absolute Gasteiger partial charge is 0.225 e. The summed E-state index contributed by atoms with van der Waals surface area (Å²) in [6.07, 6.45) is 7.50. The molecule has 3 rings (SSSR count). The number of imidazole rings is 1. The number of hydrogen-bond acceptors (Lipinski definition) is 3. The highest BCUT2D eigenvalue weighted by Gasteiger charge is 2.28. The van der Waals surface area contributed by atoms with Crippen molar-refractivity contribution in [3.63, 3.8) is 0 Å². The maximum absolute atomic E-state index is 12.2. The lowest BCUT2D eigenvalue weighted by atomic mass is 9.94. The second-order valence-corrected chi connectivity index (χ2v) is 5.27. The lowest BCUT2D eigenvalue weighted by Gasteiger charge is -2.28. The number of ether oxygens (including phenoxy) is 1. The van der Waals surface area contributed by atoms with E-state index in [1.54, 1.807) is 6.20 Å². The van der Waals surface area contributed by atoms with Crippen LogP contribution in [0.5, 0.6) is 0 Å². The summed E-state index contributed by atoms with van der Waals surface area (Å²) in [4.78, 5) is 16.4. The molecule has 2 aromatic rings. The first-order valence-electron chi connectivity index (χ1n) is 7.05. The summed E-state index contributed by atoms with van der Waals surface area (Å²) in [6, 6.07) is 3.98. The van der Waals surface area contributed by atoms with Gasteiger partial charge in [0.15, 0.2) is 0 Å². The van der Waals surface area contributed by atoms with Gasteiger partial charge < -0.3 is 14.5 Å². The molecule has 0 aromatic carbocycles. The van der Waals surface area contributed by atoms with Gasteiger partial charge in [-0.15, -0.1) is 0 Å². The molecule has 0 saturated carbocycles. The Morgan fingerprint density at radius 1 is 1.55 bits per heavy atom. The van der Waals surface area contributed by atoms with Crippen molar-refractivity contribution in [2.45, 2.75) is 32.4 Å². The summed E-state index contributed by atoms with van der Waals surface area (Å²) in [5.41, 5.74) is 1.95. The molecule has 106 valence electrons. The van der Waals surface area contributed by atoms with Crippen molar-refractivity contribution in [2.24, 2.45) is 5.92 Å². The Hall–Kier alpha value is -1.88. The van der Waals surface area contributed by atoms with E-state index < -0.39 is 0 Å². The van der Waals surface area contributed by atoms with Crippen LogP contribution in [0.3, 0.4) is 0 Å². The molecule has 1 aliphatic rings. The van der Waals surface area contributed by atoms with Crippen LogP contribution in [0, 0.1) is 5.92 Å². The van der Waals surface area contributed by atoms with Crippen LogP contribution >= 0.6 is 0 Å². The minimum atomic E-state index is -0.0288. The summed E-state index contributed by atoms with van der Waals surface area (Å²) in [6.45, 7) is 3.27. The van der Waals surface area contributed by atoms with E-state index in [-0.39, 0.29) is 17.9 Å². The zero-order chi connectivity index (χ0) is 13.9. The number of aromatic nitrogens is 2. The largest absolute Gasteiger partial charge is 0.378 e. The average Bonchev–Trinajstić information content (AvgIpc) is 2.92. The molecule has 1 saturated heterocycles. The van der Waals surface area contributed by atoms with E-state index in [0.29, 0.717) is 6.54 Å². The van der Waals surface area contributed by atoms with Crippen LogP contribution in [0.4, 0.5) is 0 Å². The summed E-state index contributed by atoms with van der Waals surface area (Å²) in [5.74, 6) is 0.0549. The molecule has 0 radical (unpaired) electrons. The van der Waals surface area contributed by atoms with Gasteiger partial charge in [0.05, 0.1) is 12.0 Å². The molecule has 1 amide bonds. The van der Waals surface area contributed by atoms with Gasteiger partial charge in [-0.2, -0.15) is 0 Å². The fraction of sp³-hybridized carbons (Fsp3) is 0.467. The Labute approximate surface area is 118 Å². The third-order valence-corrected chi connectivity index (χ3v) is 3.87. The van der Waals surface area contributed by atoms with Crippen LogP contribution in [0.25, 0.3) is 5.65 Å². The van der Waals surface area contributed by atoms with Gasteiger partial charge in [-0.3, -0.25) is 4.79 Å². The van der Waals surface area contributed by atoms with E-state index in [4.69, 9.17) is 4.74 Å². The van der Waals surface area contributed by atoms with Gasteiger partial charge in [0.25, 0.3) is 0 Å². The minimum Gasteiger partial charge on any atom is -0.378 e. The average molecular weight is 273 g/mol. The highest BCUT2D eigenvalue weighted by molar-refractivity contribution is 5.79. The molecular weight excluding hydrogens is 254 g/mol. The van der Waals surface area contributed by atoms with Crippen LogP contribution in [0.15, 0.2) is 30.7 Å². The summed E-state index contributed by atoms with van der Waals surface area (Å²) in [7, 11) is 0. The van der Waals surface area contributed by atoms with Gasteiger partial charge in [0, 0.05) is 31.7 Å². The molecule has 0 aliphatic carbocycles. The molecule has 20 heavy (non-hydrogen) atoms. The molecule has 1 fully saturated rings. The monoisotopic (exact) mass is 273 g/mol. The number of nitrogens with one attached hydrogen (secondary N) is 1. The highest BCUT2D eigenvalue weighted by atomic mass is 16.5. The van der Waals surface area contributed by atoms with E-state index in [1.807, 2.05) is 35.9 Å². The fourth-order valence-electron chi connectivity index (χ4n) is 2.65. The molecule has 1 aliphatic heterocycles. The van der Waals surface area contributed by atoms with Gasteiger partial charge in [-0.25, -0.2) is 4.98 Å². The first-order chi connectivity index (χ1) is 9.74. The third kappa shape index (κ3) is 2.67. The lowest BCUT2D eigenvalue weighted by molar-refractivity contribution is -0.133. The zero-order valence-electron chi connectivity index (χ0n) is 11.6. The van der Waals surface area contributed by atoms with Gasteiger partial charge in [-0.05, 0) is 37.5 Å². The van der Waals surface area contributed by atoms with Crippen molar-refractivity contribution in [3.05, 3.63) is 36.3 Å². The van der Waals surface area contributed by atoms with E-state index in [2.05, 4.69) is 10.3 Å². The minimum absolute atomic E-state index is 0.0125. The Morgan fingerprint density at radius 2 is 2.45 bits per heavy atom. The highest BCUT2D eigenvalue weighted by Crippen LogP contribution is 2.20. The first-order valence-corrected chi connectivity index (χ1v) is 7.05. The number of nitrogens with zero attached hydrogens (tertiary/aromatic N) is 2. The number of fused-ring (bicyclic) bond motifs is 1. The number of carbonyl (C=O) groups is 1. The van der Waals surface area contributed by atoms with Crippen molar-refractivity contribution < 1.29 is 9.53 Å². The number of amides is 1. The van der Waals surface area contributed by atoms with Gasteiger partial charge >= 0.3 is 0 Å². The Bertz CT molecular complexity index is 608. The standard InChI is InChI=1S/C15H19N3O2/c1-11-13(3-2-8-20-11)15(19)17-10-12-4-6-18-7-5-16-14(18)9-12/h4-7,9,11,13H,2-3,8,10H2,1H3,(H,17,19)/t11-,13+/m1/s1. The molecule has 0 bridgehead atoms. The zero-order valence-corrected chi connectivity index (χ0v) is 11.6. The van der Waals surface area contributed by atoms with E-state index in [0.717, 1.165) is 30.7 Å². The molecule has 5 heteroatoms. The van der Waals surface area contributed by atoms with Crippen molar-refractivity contribution in [1.82, 2.24) is 14.7 Å². The second kappa shape index (κ2) is 5.63. The summed E-state index contributed by atoms with van der Waals surface area (Å²) >= 11 is 0. The van der Waals surface area contributed by atoms with Crippen LogP contribution in [-0.2, 0) is 16.1 Å². The van der Waals surface area contributed by atoms with E-state index >= 15 is 0 Å². The topological polar surface area (TPSA) is 55.6 Å². The second-order valence-electron chi connectivity index (χ2n) is 5.27. The molecule has 1 N–H and O–H groups in total. The predicted molar refractivity (Wildman–Crippen MR) is 75.2 cm³/mol. The summed E-state index contributed by atoms with van der Waals surface area (Å²) in [5, 5.41) is 3.00. The Kier molecular flexibility index (Phi) is 3.69. The normalized spacial score (nSPS) is 22.9. The van der Waals surface area contributed by atoms with Crippen molar-refractivity contribution in [2.75, 3.05) is 6.61 Å². The fourth-order valence-corrected chi connectivity index (χ4v) is 2.65. The molecule has 2 atom stereocenters. The van der Waals surface area contributed by atoms with Crippen molar-refractivity contribution in [3.8, 4) is 0 Å². The maximum atomic E-state index is 12.2. The van der Waals surface area contributed by atoms with Crippen molar-refractivity contribution >= 4 is 11.6 Å². The molecule has 2 aromatic heterocycles. The van der Waals surface area contributed by atoms with Gasteiger partial charge in [0.2, 0.25) is 5.91 Å². The quantitative estimate of drug-likeness (QED) is 0.927. The maximum Gasteiger partial charge on any atom is 0.225 e. The number of rotatable bonds is 3. The third-order valence-electron chi connectivity index (χ3n) is 3.87. The number of pyridine rings is 1. The van der Waals surface area contributed by atoms with E-state index in [1.165, 1.54) is 0 Å². The van der Waals surface area contributed by atoms with Crippen molar-refractivity contribution in [1.29, 1.82) is 0 Å². The van der Waals surface area contributed by atoms with Crippen LogP contribution in [-0.4, -0.2) is 28.0 Å². The summed E-state index contributed by atoms with van der Waals surface area (Å²) < 4.78 is 7.48. The molecule has 0 unspecified atom stereocenters. The van der Waals surface area contributed by atoms with E-state index in [9.17, 15) is 4.79 Å². The van der Waals surface area contributed by atoms with Gasteiger partial charge in [-0.1, -0.05) is 0 Å². The number of hydrogen-bond donors (Lipinski definition) is 1. The lowest BCUT2D eigenvalue weighted by Crippen LogP contribution is -2.39. The van der Waals surface area contributed by atoms with Crippen LogP contribution < -0.4 is 5.32 Å². The molecule has 0 spiro atoms. The molecule has 5 nitrogen and oxygen atoms in total. The van der Waals surface area contributed by atoms with Gasteiger partial charge in [0.1, 0.15) is 5.65 Å². The SMILES string of the molecule is C[C@H]1OCCC[C@@H]1C(=O)NCc1ccn2ccnc2c1. The Morgan fingerprint density at radius 3 is 3.30 bits per heavy atom. The Balaban J connectivity index is 1.61. The molecular formula is C15H19N3O2. The predicted octanol–water partition coefficient (Wildman–Crippen LogP) is 1.77. The van der Waals surface area contributed by atoms with Crippen LogP contribution in [0.2, 0.25) is 0 Å². The number of carbonyl (C=O) groups excluding carboxylic acids is 1.